The number of aromatic nitrogens is 1. The van der Waals surface area contributed by atoms with Gasteiger partial charge in [-0.2, -0.15) is 0 Å². The monoisotopic (exact) mass is 326 g/mol. The van der Waals surface area contributed by atoms with Gasteiger partial charge >= 0.3 is 6.09 Å². The normalized spacial score (nSPS) is 11.5. The molecule has 0 aliphatic rings. The molecule has 1 amide bonds. The number of aryl methyl sites for hydroxylation is 1. The van der Waals surface area contributed by atoms with Gasteiger partial charge in [-0.1, -0.05) is 11.6 Å². The number of carbonyl (C=O) groups is 1. The number of halogens is 1. The predicted molar refractivity (Wildman–Crippen MR) is 83.5 cm³/mol. The van der Waals surface area contributed by atoms with Gasteiger partial charge in [0.2, 0.25) is 0 Å². The zero-order valence-corrected chi connectivity index (χ0v) is 13.8. The van der Waals surface area contributed by atoms with Gasteiger partial charge in [-0.3, -0.25) is 0 Å². The van der Waals surface area contributed by atoms with Crippen LogP contribution < -0.4 is 10.1 Å². The van der Waals surface area contributed by atoms with Gasteiger partial charge in [-0.05, 0) is 50.5 Å². The van der Waals surface area contributed by atoms with Gasteiger partial charge in [0.05, 0.1) is 11.9 Å². The zero-order chi connectivity index (χ0) is 16.3. The Morgan fingerprint density at radius 1 is 1.41 bits per heavy atom. The molecule has 0 spiro atoms. The maximum absolute atomic E-state index is 11.5. The Morgan fingerprint density at radius 2 is 2.14 bits per heavy atom. The largest absolute Gasteiger partial charge is 0.473 e. The molecule has 2 rings (SSSR count). The SMILES string of the molecule is Cc1cc(Cl)cc2c(OCCNC(=O)OC(C)(C)C)noc12. The van der Waals surface area contributed by atoms with Gasteiger partial charge in [0.25, 0.3) is 5.88 Å². The van der Waals surface area contributed by atoms with Crippen LogP contribution in [0.15, 0.2) is 16.7 Å². The van der Waals surface area contributed by atoms with E-state index >= 15 is 0 Å². The molecule has 0 atom stereocenters. The first-order valence-corrected chi connectivity index (χ1v) is 7.29. The number of hydrogen-bond donors (Lipinski definition) is 1. The van der Waals surface area contributed by atoms with Crippen molar-refractivity contribution in [3.8, 4) is 5.88 Å². The van der Waals surface area contributed by atoms with Crippen molar-refractivity contribution in [1.29, 1.82) is 0 Å². The van der Waals surface area contributed by atoms with E-state index in [2.05, 4.69) is 10.5 Å². The van der Waals surface area contributed by atoms with Gasteiger partial charge in [0.15, 0.2) is 5.58 Å². The molecule has 0 saturated carbocycles. The van der Waals surface area contributed by atoms with Crippen LogP contribution in [-0.2, 0) is 4.74 Å². The topological polar surface area (TPSA) is 73.6 Å². The summed E-state index contributed by atoms with van der Waals surface area (Å²) in [6, 6.07) is 3.53. The number of hydrogen-bond acceptors (Lipinski definition) is 5. The third kappa shape index (κ3) is 4.27. The van der Waals surface area contributed by atoms with E-state index in [0.29, 0.717) is 28.4 Å². The lowest BCUT2D eigenvalue weighted by Gasteiger charge is -2.19. The molecule has 2 aromatic rings. The smallest absolute Gasteiger partial charge is 0.407 e. The highest BCUT2D eigenvalue weighted by molar-refractivity contribution is 6.31. The van der Waals surface area contributed by atoms with E-state index in [0.717, 1.165) is 5.56 Å². The lowest BCUT2D eigenvalue weighted by molar-refractivity contribution is 0.0520. The third-order valence-corrected chi connectivity index (χ3v) is 2.92. The molecule has 0 unspecified atom stereocenters. The maximum Gasteiger partial charge on any atom is 0.407 e. The summed E-state index contributed by atoms with van der Waals surface area (Å²) in [6.07, 6.45) is -0.486. The highest BCUT2D eigenvalue weighted by Crippen LogP contribution is 2.30. The molecule has 0 aliphatic heterocycles. The quantitative estimate of drug-likeness (QED) is 0.867. The molecule has 120 valence electrons. The minimum absolute atomic E-state index is 0.242. The first kappa shape index (κ1) is 16.4. The van der Waals surface area contributed by atoms with Crippen LogP contribution in [0, 0.1) is 6.92 Å². The van der Waals surface area contributed by atoms with E-state index in [-0.39, 0.29) is 6.61 Å². The summed E-state index contributed by atoms with van der Waals surface area (Å²) in [5.41, 5.74) is 0.998. The molecule has 0 saturated heterocycles. The minimum atomic E-state index is -0.526. The highest BCUT2D eigenvalue weighted by atomic mass is 35.5. The first-order chi connectivity index (χ1) is 10.3. The molecule has 6 nitrogen and oxygen atoms in total. The van der Waals surface area contributed by atoms with Crippen LogP contribution in [-0.4, -0.2) is 30.0 Å². The molecule has 22 heavy (non-hydrogen) atoms. The van der Waals surface area contributed by atoms with Gasteiger partial charge < -0.3 is 19.3 Å². The van der Waals surface area contributed by atoms with Crippen molar-refractivity contribution in [1.82, 2.24) is 10.5 Å². The van der Waals surface area contributed by atoms with Crippen LogP contribution in [0.4, 0.5) is 4.79 Å². The standard InChI is InChI=1S/C15H19ClN2O4/c1-9-7-10(16)8-11-12(9)22-18-13(11)20-6-5-17-14(19)21-15(2,3)4/h7-8H,5-6H2,1-4H3,(H,17,19). The number of nitrogens with one attached hydrogen (secondary N) is 1. The molecule has 0 bridgehead atoms. The van der Waals surface area contributed by atoms with Crippen LogP contribution in [0.25, 0.3) is 11.0 Å². The average molecular weight is 327 g/mol. The number of amides is 1. The number of fused-ring (bicyclic) bond motifs is 1. The van der Waals surface area contributed by atoms with Crippen molar-refractivity contribution < 1.29 is 18.8 Å². The van der Waals surface area contributed by atoms with E-state index in [1.54, 1.807) is 32.9 Å². The summed E-state index contributed by atoms with van der Waals surface area (Å²) in [6.45, 7) is 7.83. The molecule has 0 aliphatic carbocycles. The second kappa shape index (κ2) is 6.44. The van der Waals surface area contributed by atoms with Crippen LogP contribution in [0.3, 0.4) is 0 Å². The summed E-state index contributed by atoms with van der Waals surface area (Å²) in [4.78, 5) is 11.5. The van der Waals surface area contributed by atoms with Gasteiger partial charge in [0, 0.05) is 5.02 Å². The maximum atomic E-state index is 11.5. The fourth-order valence-corrected chi connectivity index (χ4v) is 2.14. The van der Waals surface area contributed by atoms with Gasteiger partial charge in [0.1, 0.15) is 12.2 Å². The molecule has 1 N–H and O–H groups in total. The van der Waals surface area contributed by atoms with Crippen LogP contribution in [0.5, 0.6) is 5.88 Å². The second-order valence-electron chi connectivity index (χ2n) is 5.86. The van der Waals surface area contributed by atoms with E-state index in [1.807, 2.05) is 6.92 Å². The van der Waals surface area contributed by atoms with Crippen molar-refractivity contribution in [2.24, 2.45) is 0 Å². The fraction of sp³-hybridized carbons (Fsp3) is 0.467. The Kier molecular flexibility index (Phi) is 4.81. The Balaban J connectivity index is 1.89. The van der Waals surface area contributed by atoms with Gasteiger partial charge in [-0.15, -0.1) is 0 Å². The molecule has 7 heteroatoms. The fourth-order valence-electron chi connectivity index (χ4n) is 1.87. The second-order valence-corrected chi connectivity index (χ2v) is 6.30. The lowest BCUT2D eigenvalue weighted by atomic mass is 10.2. The number of rotatable bonds is 4. The van der Waals surface area contributed by atoms with E-state index in [9.17, 15) is 4.79 Å². The molecule has 0 radical (unpaired) electrons. The summed E-state index contributed by atoms with van der Waals surface area (Å²) in [5.74, 6) is 0.353. The third-order valence-electron chi connectivity index (χ3n) is 2.70. The minimum Gasteiger partial charge on any atom is -0.473 e. The number of benzene rings is 1. The Labute approximate surface area is 133 Å². The summed E-state index contributed by atoms with van der Waals surface area (Å²) < 4.78 is 15.9. The zero-order valence-electron chi connectivity index (χ0n) is 13.0. The molecule has 1 heterocycles. The van der Waals surface area contributed by atoms with Crippen LogP contribution >= 0.6 is 11.6 Å². The predicted octanol–water partition coefficient (Wildman–Crippen LogP) is 3.69. The molecule has 1 aromatic carbocycles. The highest BCUT2D eigenvalue weighted by Gasteiger charge is 2.16. The molecular weight excluding hydrogens is 308 g/mol. The van der Waals surface area contributed by atoms with Crippen molar-refractivity contribution in [3.63, 3.8) is 0 Å². The Hall–Kier alpha value is -1.95. The van der Waals surface area contributed by atoms with Crippen LogP contribution in [0.2, 0.25) is 5.02 Å². The molecule has 1 aromatic heterocycles. The van der Waals surface area contributed by atoms with Crippen molar-refractivity contribution in [2.75, 3.05) is 13.2 Å². The number of carbonyl (C=O) groups excluding carboxylic acids is 1. The van der Waals surface area contributed by atoms with Crippen molar-refractivity contribution in [3.05, 3.63) is 22.7 Å². The first-order valence-electron chi connectivity index (χ1n) is 6.91. The molecule has 0 fully saturated rings. The van der Waals surface area contributed by atoms with E-state index in [1.165, 1.54) is 0 Å². The Bertz CT molecular complexity index is 676. The number of nitrogens with zero attached hydrogens (tertiary/aromatic N) is 1. The lowest BCUT2D eigenvalue weighted by Crippen LogP contribution is -2.34. The van der Waals surface area contributed by atoms with Crippen molar-refractivity contribution >= 4 is 28.7 Å². The summed E-state index contributed by atoms with van der Waals surface area (Å²) in [7, 11) is 0. The summed E-state index contributed by atoms with van der Waals surface area (Å²) >= 11 is 6.02. The van der Waals surface area contributed by atoms with Crippen LogP contribution in [0.1, 0.15) is 26.3 Å². The Morgan fingerprint density at radius 3 is 2.82 bits per heavy atom. The van der Waals surface area contributed by atoms with E-state index < -0.39 is 11.7 Å². The van der Waals surface area contributed by atoms with E-state index in [4.69, 9.17) is 25.6 Å². The van der Waals surface area contributed by atoms with Crippen molar-refractivity contribution in [2.45, 2.75) is 33.3 Å². The van der Waals surface area contributed by atoms with Gasteiger partial charge in [-0.25, -0.2) is 4.79 Å². The number of alkyl carbamates (subject to hydrolysis) is 1. The summed E-state index contributed by atoms with van der Waals surface area (Å²) in [5, 5.41) is 7.77. The number of ether oxygens (including phenoxy) is 2. The molecular formula is C15H19ClN2O4. The average Bonchev–Trinajstić information content (AvgIpc) is 2.76.